The van der Waals surface area contributed by atoms with Gasteiger partial charge in [0.25, 0.3) is 0 Å². The molecule has 0 amide bonds. The molecule has 0 aromatic rings. The molecular formula is C14H27NO2S. The molecule has 18 heavy (non-hydrogen) atoms. The van der Waals surface area contributed by atoms with Crippen molar-refractivity contribution in [2.45, 2.75) is 58.4 Å². The van der Waals surface area contributed by atoms with E-state index in [-0.39, 0.29) is 11.5 Å². The number of hydrogen-bond acceptors (Lipinski definition) is 3. The van der Waals surface area contributed by atoms with Gasteiger partial charge in [0.2, 0.25) is 0 Å². The molecule has 1 heterocycles. The van der Waals surface area contributed by atoms with Crippen LogP contribution in [0.3, 0.4) is 0 Å². The Balaban J connectivity index is 2.00. The van der Waals surface area contributed by atoms with Crippen molar-refractivity contribution in [3.8, 4) is 0 Å². The van der Waals surface area contributed by atoms with E-state index in [1.165, 1.54) is 0 Å². The van der Waals surface area contributed by atoms with E-state index < -0.39 is 9.84 Å². The summed E-state index contributed by atoms with van der Waals surface area (Å²) in [4.78, 5) is 0. The van der Waals surface area contributed by atoms with Crippen molar-refractivity contribution >= 4 is 9.84 Å². The van der Waals surface area contributed by atoms with E-state index >= 15 is 0 Å². The van der Waals surface area contributed by atoms with Crippen molar-refractivity contribution in [3.63, 3.8) is 0 Å². The fourth-order valence-electron chi connectivity index (χ4n) is 3.68. The molecule has 0 aromatic heterocycles. The summed E-state index contributed by atoms with van der Waals surface area (Å²) in [5.74, 6) is 1.60. The number of sulfone groups is 1. The zero-order valence-corrected chi connectivity index (χ0v) is 12.7. The van der Waals surface area contributed by atoms with Crippen LogP contribution in [-0.2, 0) is 9.84 Å². The van der Waals surface area contributed by atoms with Gasteiger partial charge in [0.05, 0.1) is 11.5 Å². The van der Waals surface area contributed by atoms with Gasteiger partial charge in [-0.05, 0) is 49.4 Å². The van der Waals surface area contributed by atoms with E-state index in [2.05, 4.69) is 20.8 Å². The van der Waals surface area contributed by atoms with Crippen LogP contribution in [-0.4, -0.2) is 25.5 Å². The second-order valence-electron chi connectivity index (χ2n) is 7.47. The summed E-state index contributed by atoms with van der Waals surface area (Å²) in [6.45, 7) is 6.88. The first-order valence-corrected chi connectivity index (χ1v) is 8.94. The maximum absolute atomic E-state index is 11.6. The highest BCUT2D eigenvalue weighted by atomic mass is 32.2. The van der Waals surface area contributed by atoms with Gasteiger partial charge in [-0.25, -0.2) is 8.42 Å². The van der Waals surface area contributed by atoms with Crippen LogP contribution in [0, 0.1) is 17.3 Å². The molecule has 0 spiro atoms. The SMILES string of the molecule is CC(C)(C)C1CCC(N)(C2CCS(=O)(=O)C2)CC1. The van der Waals surface area contributed by atoms with Gasteiger partial charge in [0.1, 0.15) is 0 Å². The summed E-state index contributed by atoms with van der Waals surface area (Å²) in [6, 6.07) is 0. The topological polar surface area (TPSA) is 60.2 Å². The van der Waals surface area contributed by atoms with Crippen LogP contribution in [0.2, 0.25) is 0 Å². The lowest BCUT2D eigenvalue weighted by Crippen LogP contribution is -2.51. The molecule has 4 heteroatoms. The first-order chi connectivity index (χ1) is 8.12. The van der Waals surface area contributed by atoms with Crippen LogP contribution < -0.4 is 5.73 Å². The normalized spacial score (nSPS) is 40.9. The molecule has 1 saturated carbocycles. The first kappa shape index (κ1) is 14.3. The van der Waals surface area contributed by atoms with Gasteiger partial charge in [0, 0.05) is 5.54 Å². The maximum atomic E-state index is 11.6. The van der Waals surface area contributed by atoms with Crippen LogP contribution >= 0.6 is 0 Å². The molecule has 2 N–H and O–H groups in total. The lowest BCUT2D eigenvalue weighted by atomic mass is 9.64. The Morgan fingerprint density at radius 1 is 1.11 bits per heavy atom. The van der Waals surface area contributed by atoms with E-state index in [1.807, 2.05) is 0 Å². The highest BCUT2D eigenvalue weighted by Gasteiger charge is 2.45. The third-order valence-corrected chi connectivity index (χ3v) is 6.95. The molecule has 2 rings (SSSR count). The molecule has 106 valence electrons. The molecule has 1 aliphatic carbocycles. The smallest absolute Gasteiger partial charge is 0.150 e. The van der Waals surface area contributed by atoms with Crippen molar-refractivity contribution in [1.29, 1.82) is 0 Å². The fraction of sp³-hybridized carbons (Fsp3) is 1.00. The van der Waals surface area contributed by atoms with Gasteiger partial charge < -0.3 is 5.73 Å². The quantitative estimate of drug-likeness (QED) is 0.798. The third kappa shape index (κ3) is 2.90. The molecule has 1 atom stereocenters. The minimum absolute atomic E-state index is 0.198. The van der Waals surface area contributed by atoms with E-state index in [0.29, 0.717) is 16.9 Å². The molecule has 1 unspecified atom stereocenters. The van der Waals surface area contributed by atoms with Gasteiger partial charge in [-0.3, -0.25) is 0 Å². The highest BCUT2D eigenvalue weighted by Crippen LogP contribution is 2.44. The Morgan fingerprint density at radius 3 is 2.06 bits per heavy atom. The van der Waals surface area contributed by atoms with Gasteiger partial charge in [-0.2, -0.15) is 0 Å². The minimum atomic E-state index is -2.80. The minimum Gasteiger partial charge on any atom is -0.325 e. The molecule has 3 nitrogen and oxygen atoms in total. The average molecular weight is 273 g/mol. The second-order valence-corrected chi connectivity index (χ2v) is 9.70. The predicted molar refractivity (Wildman–Crippen MR) is 75.1 cm³/mol. The largest absolute Gasteiger partial charge is 0.325 e. The molecule has 0 bridgehead atoms. The maximum Gasteiger partial charge on any atom is 0.150 e. The fourth-order valence-corrected chi connectivity index (χ4v) is 5.60. The molecule has 1 aliphatic heterocycles. The summed E-state index contributed by atoms with van der Waals surface area (Å²) < 4.78 is 23.2. The summed E-state index contributed by atoms with van der Waals surface area (Å²) in [6.07, 6.45) is 5.07. The Bertz CT molecular complexity index is 400. The summed E-state index contributed by atoms with van der Waals surface area (Å²) >= 11 is 0. The Kier molecular flexibility index (Phi) is 3.56. The summed E-state index contributed by atoms with van der Waals surface area (Å²) in [5, 5.41) is 0. The van der Waals surface area contributed by atoms with Crippen LogP contribution in [0.15, 0.2) is 0 Å². The number of nitrogens with two attached hydrogens (primary N) is 1. The average Bonchev–Trinajstić information content (AvgIpc) is 2.59. The number of rotatable bonds is 1. The monoisotopic (exact) mass is 273 g/mol. The van der Waals surface area contributed by atoms with E-state index in [0.717, 1.165) is 38.0 Å². The second kappa shape index (κ2) is 4.48. The Hall–Kier alpha value is -0.0900. The van der Waals surface area contributed by atoms with Gasteiger partial charge in [-0.1, -0.05) is 20.8 Å². The van der Waals surface area contributed by atoms with Gasteiger partial charge in [-0.15, -0.1) is 0 Å². The third-order valence-electron chi connectivity index (χ3n) is 5.19. The van der Waals surface area contributed by atoms with E-state index in [9.17, 15) is 8.42 Å². The molecule has 0 radical (unpaired) electrons. The predicted octanol–water partition coefficient (Wildman–Crippen LogP) is 2.35. The summed E-state index contributed by atoms with van der Waals surface area (Å²) in [5.41, 5.74) is 6.66. The zero-order valence-electron chi connectivity index (χ0n) is 11.9. The lowest BCUT2D eigenvalue weighted by Gasteiger charge is -2.44. The van der Waals surface area contributed by atoms with Gasteiger partial charge in [0.15, 0.2) is 9.84 Å². The first-order valence-electron chi connectivity index (χ1n) is 7.12. The van der Waals surface area contributed by atoms with E-state index in [1.54, 1.807) is 0 Å². The zero-order chi connectivity index (χ0) is 13.6. The molecule has 1 saturated heterocycles. The van der Waals surface area contributed by atoms with Crippen molar-refractivity contribution in [3.05, 3.63) is 0 Å². The molecule has 0 aromatic carbocycles. The Labute approximate surface area is 111 Å². The molecular weight excluding hydrogens is 246 g/mol. The van der Waals surface area contributed by atoms with Crippen LogP contribution in [0.25, 0.3) is 0 Å². The lowest BCUT2D eigenvalue weighted by molar-refractivity contribution is 0.108. The molecule has 2 fully saturated rings. The van der Waals surface area contributed by atoms with Crippen LogP contribution in [0.4, 0.5) is 0 Å². The van der Waals surface area contributed by atoms with Crippen molar-refractivity contribution in [1.82, 2.24) is 0 Å². The van der Waals surface area contributed by atoms with E-state index in [4.69, 9.17) is 5.73 Å². The highest BCUT2D eigenvalue weighted by molar-refractivity contribution is 7.91. The Morgan fingerprint density at radius 2 is 1.67 bits per heavy atom. The van der Waals surface area contributed by atoms with Crippen LogP contribution in [0.5, 0.6) is 0 Å². The van der Waals surface area contributed by atoms with Crippen molar-refractivity contribution < 1.29 is 8.42 Å². The van der Waals surface area contributed by atoms with Gasteiger partial charge >= 0.3 is 0 Å². The standard InChI is InChI=1S/C14H27NO2S/c1-13(2,3)11-4-7-14(15,8-5-11)12-6-9-18(16,17)10-12/h11-12H,4-10,15H2,1-3H3. The van der Waals surface area contributed by atoms with Crippen molar-refractivity contribution in [2.75, 3.05) is 11.5 Å². The van der Waals surface area contributed by atoms with Crippen molar-refractivity contribution in [2.24, 2.45) is 23.0 Å². The van der Waals surface area contributed by atoms with Crippen LogP contribution in [0.1, 0.15) is 52.9 Å². The molecule has 2 aliphatic rings. The summed E-state index contributed by atoms with van der Waals surface area (Å²) in [7, 11) is -2.80. The number of hydrogen-bond donors (Lipinski definition) is 1.